The molecule has 2 aromatic carbocycles. The van der Waals surface area contributed by atoms with Gasteiger partial charge in [-0.15, -0.1) is 0 Å². The molecular formula is C20H24BrNO4. The second-order valence-electron chi connectivity index (χ2n) is 6.32. The molecule has 26 heavy (non-hydrogen) atoms. The number of morpholine rings is 1. The zero-order chi connectivity index (χ0) is 18.4. The number of ether oxygens (including phenoxy) is 3. The van der Waals surface area contributed by atoms with Gasteiger partial charge < -0.3 is 19.3 Å². The van der Waals surface area contributed by atoms with Crippen molar-refractivity contribution in [1.29, 1.82) is 0 Å². The normalized spacial score (nSPS) is 19.1. The molecule has 0 amide bonds. The Morgan fingerprint density at radius 1 is 1.23 bits per heavy atom. The largest absolute Gasteiger partial charge is 0.497 e. The van der Waals surface area contributed by atoms with Crippen molar-refractivity contribution >= 4 is 15.9 Å². The molecule has 3 rings (SSSR count). The highest BCUT2D eigenvalue weighted by Crippen LogP contribution is 2.25. The van der Waals surface area contributed by atoms with Crippen LogP contribution in [0, 0.1) is 0 Å². The molecule has 6 heteroatoms. The Labute approximate surface area is 162 Å². The minimum Gasteiger partial charge on any atom is -0.497 e. The van der Waals surface area contributed by atoms with Crippen LogP contribution in [0.5, 0.6) is 11.5 Å². The Kier molecular flexibility index (Phi) is 6.91. The van der Waals surface area contributed by atoms with Gasteiger partial charge in [-0.05, 0) is 29.8 Å². The number of hydrogen-bond donors (Lipinski definition) is 1. The summed E-state index contributed by atoms with van der Waals surface area (Å²) in [6, 6.07) is 15.6. The second-order valence-corrected chi connectivity index (χ2v) is 7.23. The summed E-state index contributed by atoms with van der Waals surface area (Å²) in [5.41, 5.74) is 1.14. The number of rotatable bonds is 7. The summed E-state index contributed by atoms with van der Waals surface area (Å²) >= 11 is 3.50. The number of benzene rings is 2. The van der Waals surface area contributed by atoms with E-state index in [0.29, 0.717) is 18.9 Å². The zero-order valence-electron chi connectivity index (χ0n) is 14.8. The van der Waals surface area contributed by atoms with Crippen LogP contribution >= 0.6 is 15.9 Å². The molecular weight excluding hydrogens is 398 g/mol. The van der Waals surface area contributed by atoms with Gasteiger partial charge in [0.1, 0.15) is 24.2 Å². The fraction of sp³-hybridized carbons (Fsp3) is 0.400. The number of aliphatic hydroxyl groups is 1. The number of hydrogen-bond acceptors (Lipinski definition) is 5. The Morgan fingerprint density at radius 2 is 2.04 bits per heavy atom. The van der Waals surface area contributed by atoms with Crippen molar-refractivity contribution in [1.82, 2.24) is 4.90 Å². The second kappa shape index (κ2) is 9.37. The third-order valence-corrected chi connectivity index (χ3v) is 4.82. The number of methoxy groups -OCH3 is 1. The lowest BCUT2D eigenvalue weighted by Crippen LogP contribution is -2.43. The van der Waals surface area contributed by atoms with Gasteiger partial charge in [0, 0.05) is 30.2 Å². The van der Waals surface area contributed by atoms with Crippen LogP contribution in [0.3, 0.4) is 0 Å². The van der Waals surface area contributed by atoms with E-state index >= 15 is 0 Å². The third-order valence-electron chi connectivity index (χ3n) is 4.32. The van der Waals surface area contributed by atoms with Crippen LogP contribution in [0.2, 0.25) is 0 Å². The SMILES string of the molecule is COc1cccc(OCC(O)CN2CCOC(c3cccc(Br)c3)C2)c1. The maximum Gasteiger partial charge on any atom is 0.123 e. The first-order chi connectivity index (χ1) is 12.6. The van der Waals surface area contributed by atoms with E-state index in [1.54, 1.807) is 7.11 Å². The Morgan fingerprint density at radius 3 is 2.85 bits per heavy atom. The van der Waals surface area contributed by atoms with Crippen molar-refractivity contribution in [2.45, 2.75) is 12.2 Å². The molecule has 0 aromatic heterocycles. The van der Waals surface area contributed by atoms with Crippen LogP contribution in [0.25, 0.3) is 0 Å². The molecule has 1 heterocycles. The van der Waals surface area contributed by atoms with Crippen LogP contribution in [0.1, 0.15) is 11.7 Å². The molecule has 0 spiro atoms. The summed E-state index contributed by atoms with van der Waals surface area (Å²) in [7, 11) is 1.62. The maximum absolute atomic E-state index is 10.3. The van der Waals surface area contributed by atoms with E-state index in [2.05, 4.69) is 33.0 Å². The van der Waals surface area contributed by atoms with E-state index in [0.717, 1.165) is 28.9 Å². The van der Waals surface area contributed by atoms with Crippen molar-refractivity contribution in [2.75, 3.05) is 40.0 Å². The van der Waals surface area contributed by atoms with Gasteiger partial charge in [0.2, 0.25) is 0 Å². The highest BCUT2D eigenvalue weighted by molar-refractivity contribution is 9.10. The summed E-state index contributed by atoms with van der Waals surface area (Å²) in [6.07, 6.45) is -0.546. The lowest BCUT2D eigenvalue weighted by molar-refractivity contribution is -0.0459. The van der Waals surface area contributed by atoms with Crippen LogP contribution in [-0.4, -0.2) is 56.1 Å². The van der Waals surface area contributed by atoms with E-state index in [1.165, 1.54) is 0 Å². The number of halogens is 1. The van der Waals surface area contributed by atoms with E-state index in [-0.39, 0.29) is 12.7 Å². The van der Waals surface area contributed by atoms with Gasteiger partial charge in [0.15, 0.2) is 0 Å². The molecule has 0 bridgehead atoms. The van der Waals surface area contributed by atoms with Crippen molar-refractivity contribution in [2.24, 2.45) is 0 Å². The molecule has 140 valence electrons. The fourth-order valence-corrected chi connectivity index (χ4v) is 3.43. The van der Waals surface area contributed by atoms with Crippen molar-refractivity contribution < 1.29 is 19.3 Å². The maximum atomic E-state index is 10.3. The monoisotopic (exact) mass is 421 g/mol. The summed E-state index contributed by atoms with van der Waals surface area (Å²) in [4.78, 5) is 2.22. The van der Waals surface area contributed by atoms with Gasteiger partial charge in [0.25, 0.3) is 0 Å². The minimum atomic E-state index is -0.567. The third kappa shape index (κ3) is 5.45. The molecule has 1 fully saturated rings. The van der Waals surface area contributed by atoms with Crippen molar-refractivity contribution in [3.63, 3.8) is 0 Å². The molecule has 5 nitrogen and oxygen atoms in total. The molecule has 0 saturated carbocycles. The fourth-order valence-electron chi connectivity index (χ4n) is 3.01. The van der Waals surface area contributed by atoms with E-state index < -0.39 is 6.10 Å². The molecule has 2 atom stereocenters. The predicted molar refractivity (Wildman–Crippen MR) is 104 cm³/mol. The van der Waals surface area contributed by atoms with E-state index in [9.17, 15) is 5.11 Å². The average molecular weight is 422 g/mol. The van der Waals surface area contributed by atoms with E-state index in [1.807, 2.05) is 36.4 Å². The molecule has 2 unspecified atom stereocenters. The topological polar surface area (TPSA) is 51.2 Å². The standard InChI is InChI=1S/C20H24BrNO4/c1-24-18-6-3-7-19(11-18)26-14-17(23)12-22-8-9-25-20(13-22)15-4-2-5-16(21)10-15/h2-7,10-11,17,20,23H,8-9,12-14H2,1H3. The highest BCUT2D eigenvalue weighted by Gasteiger charge is 2.24. The lowest BCUT2D eigenvalue weighted by Gasteiger charge is -2.34. The molecule has 1 aliphatic rings. The first kappa shape index (κ1) is 19.2. The molecule has 0 radical (unpaired) electrons. The Bertz CT molecular complexity index is 712. The van der Waals surface area contributed by atoms with Gasteiger partial charge in [0.05, 0.1) is 19.8 Å². The number of aliphatic hydroxyl groups excluding tert-OH is 1. The van der Waals surface area contributed by atoms with Gasteiger partial charge in [-0.3, -0.25) is 4.90 Å². The predicted octanol–water partition coefficient (Wildman–Crippen LogP) is 3.27. The van der Waals surface area contributed by atoms with Crippen molar-refractivity contribution in [3.8, 4) is 11.5 Å². The number of β-amino-alcohol motifs (C(OH)–C–C–N with tert-alkyl or cyclic N) is 1. The molecule has 2 aromatic rings. The summed E-state index contributed by atoms with van der Waals surface area (Å²) < 4.78 is 17.8. The summed E-state index contributed by atoms with van der Waals surface area (Å²) in [5.74, 6) is 1.43. The van der Waals surface area contributed by atoms with E-state index in [4.69, 9.17) is 14.2 Å². The van der Waals surface area contributed by atoms with Crippen LogP contribution < -0.4 is 9.47 Å². The average Bonchev–Trinajstić information content (AvgIpc) is 2.67. The quantitative estimate of drug-likeness (QED) is 0.743. The molecule has 0 aliphatic carbocycles. The molecule has 1 saturated heterocycles. The van der Waals surface area contributed by atoms with Crippen LogP contribution in [0.4, 0.5) is 0 Å². The van der Waals surface area contributed by atoms with Gasteiger partial charge in [-0.2, -0.15) is 0 Å². The van der Waals surface area contributed by atoms with Crippen LogP contribution in [-0.2, 0) is 4.74 Å². The number of nitrogens with zero attached hydrogens (tertiary/aromatic N) is 1. The zero-order valence-corrected chi connectivity index (χ0v) is 16.4. The lowest BCUT2D eigenvalue weighted by atomic mass is 10.1. The summed E-state index contributed by atoms with van der Waals surface area (Å²) in [6.45, 7) is 3.01. The minimum absolute atomic E-state index is 0.0211. The van der Waals surface area contributed by atoms with Crippen LogP contribution in [0.15, 0.2) is 53.0 Å². The summed E-state index contributed by atoms with van der Waals surface area (Å²) in [5, 5.41) is 10.3. The first-order valence-corrected chi connectivity index (χ1v) is 9.47. The highest BCUT2D eigenvalue weighted by atomic mass is 79.9. The Hall–Kier alpha value is -1.60. The van der Waals surface area contributed by atoms with Gasteiger partial charge >= 0.3 is 0 Å². The van der Waals surface area contributed by atoms with Crippen molar-refractivity contribution in [3.05, 3.63) is 58.6 Å². The molecule has 1 aliphatic heterocycles. The van der Waals surface area contributed by atoms with Gasteiger partial charge in [-0.25, -0.2) is 0 Å². The smallest absolute Gasteiger partial charge is 0.123 e. The first-order valence-electron chi connectivity index (χ1n) is 8.68. The molecule has 1 N–H and O–H groups in total. The van der Waals surface area contributed by atoms with Gasteiger partial charge in [-0.1, -0.05) is 34.1 Å². The Balaban J connectivity index is 1.49.